The first-order valence-corrected chi connectivity index (χ1v) is 6.52. The highest BCUT2D eigenvalue weighted by Crippen LogP contribution is 2.34. The molecule has 3 nitrogen and oxygen atoms in total. The summed E-state index contributed by atoms with van der Waals surface area (Å²) < 4.78 is 11.3. The zero-order valence-corrected chi connectivity index (χ0v) is 11.1. The van der Waals surface area contributed by atoms with Crippen LogP contribution >= 0.6 is 0 Å². The molecule has 0 amide bonds. The first-order valence-electron chi connectivity index (χ1n) is 6.52. The molecule has 0 aliphatic carbocycles. The predicted octanol–water partition coefficient (Wildman–Crippen LogP) is 3.94. The SMILES string of the molecule is CCc1oc2ccccc2c1C(N)c1ccoc1C. The Balaban J connectivity index is 2.21. The maximum atomic E-state index is 6.43. The Bertz CT molecular complexity index is 708. The van der Waals surface area contributed by atoms with Gasteiger partial charge in [0.1, 0.15) is 17.1 Å². The number of fused-ring (bicyclic) bond motifs is 1. The average molecular weight is 255 g/mol. The average Bonchev–Trinajstić information content (AvgIpc) is 3.01. The van der Waals surface area contributed by atoms with Crippen molar-refractivity contribution in [2.75, 3.05) is 0 Å². The molecule has 19 heavy (non-hydrogen) atoms. The zero-order chi connectivity index (χ0) is 13.4. The van der Waals surface area contributed by atoms with E-state index in [0.717, 1.165) is 40.0 Å². The minimum absolute atomic E-state index is 0.211. The molecule has 3 heteroatoms. The number of para-hydroxylation sites is 1. The van der Waals surface area contributed by atoms with Crippen LogP contribution in [-0.2, 0) is 6.42 Å². The Morgan fingerprint density at radius 2 is 2.00 bits per heavy atom. The molecule has 0 radical (unpaired) electrons. The third-order valence-electron chi connectivity index (χ3n) is 3.58. The van der Waals surface area contributed by atoms with Gasteiger partial charge in [0.25, 0.3) is 0 Å². The second kappa shape index (κ2) is 4.59. The molecule has 0 spiro atoms. The van der Waals surface area contributed by atoms with E-state index >= 15 is 0 Å². The smallest absolute Gasteiger partial charge is 0.134 e. The summed E-state index contributed by atoms with van der Waals surface area (Å²) in [6, 6.07) is 9.74. The lowest BCUT2D eigenvalue weighted by Crippen LogP contribution is -2.13. The van der Waals surface area contributed by atoms with Crippen LogP contribution in [0.3, 0.4) is 0 Å². The van der Waals surface area contributed by atoms with Crippen molar-refractivity contribution in [2.45, 2.75) is 26.3 Å². The minimum Gasteiger partial charge on any atom is -0.469 e. The van der Waals surface area contributed by atoms with Crippen LogP contribution in [0.4, 0.5) is 0 Å². The molecule has 1 aromatic carbocycles. The molecule has 2 heterocycles. The van der Waals surface area contributed by atoms with Gasteiger partial charge in [-0.15, -0.1) is 0 Å². The highest BCUT2D eigenvalue weighted by molar-refractivity contribution is 5.83. The highest BCUT2D eigenvalue weighted by atomic mass is 16.3. The fourth-order valence-electron chi connectivity index (χ4n) is 2.59. The largest absolute Gasteiger partial charge is 0.469 e. The van der Waals surface area contributed by atoms with Crippen LogP contribution in [0.2, 0.25) is 0 Å². The van der Waals surface area contributed by atoms with Crippen LogP contribution in [0.15, 0.2) is 45.4 Å². The van der Waals surface area contributed by atoms with E-state index in [-0.39, 0.29) is 6.04 Å². The van der Waals surface area contributed by atoms with Gasteiger partial charge in [-0.3, -0.25) is 0 Å². The lowest BCUT2D eigenvalue weighted by atomic mass is 9.96. The van der Waals surface area contributed by atoms with Crippen molar-refractivity contribution in [1.82, 2.24) is 0 Å². The Kier molecular flexibility index (Phi) is 2.91. The van der Waals surface area contributed by atoms with Gasteiger partial charge >= 0.3 is 0 Å². The van der Waals surface area contributed by atoms with Gasteiger partial charge in [0.15, 0.2) is 0 Å². The first-order chi connectivity index (χ1) is 9.22. The molecule has 0 fully saturated rings. The standard InChI is InChI=1S/C16H17NO2/c1-3-13-15(12-6-4-5-7-14(12)19-13)16(17)11-8-9-18-10(11)2/h4-9,16H,3,17H2,1-2H3. The molecule has 1 unspecified atom stereocenters. The summed E-state index contributed by atoms with van der Waals surface area (Å²) in [5, 5.41) is 1.09. The number of hydrogen-bond acceptors (Lipinski definition) is 3. The van der Waals surface area contributed by atoms with Crippen molar-refractivity contribution in [1.29, 1.82) is 0 Å². The van der Waals surface area contributed by atoms with Crippen molar-refractivity contribution in [3.05, 3.63) is 59.2 Å². The Labute approximate surface area is 112 Å². The second-order valence-electron chi connectivity index (χ2n) is 4.70. The van der Waals surface area contributed by atoms with Crippen LogP contribution in [-0.4, -0.2) is 0 Å². The van der Waals surface area contributed by atoms with E-state index in [1.54, 1.807) is 6.26 Å². The summed E-state index contributed by atoms with van der Waals surface area (Å²) in [7, 11) is 0. The van der Waals surface area contributed by atoms with E-state index in [1.165, 1.54) is 0 Å². The van der Waals surface area contributed by atoms with Gasteiger partial charge in [0.2, 0.25) is 0 Å². The molecule has 0 aliphatic rings. The number of rotatable bonds is 3. The summed E-state index contributed by atoms with van der Waals surface area (Å²) in [4.78, 5) is 0. The molecule has 0 aliphatic heterocycles. The van der Waals surface area contributed by atoms with Gasteiger partial charge < -0.3 is 14.6 Å². The first kappa shape index (κ1) is 12.1. The third kappa shape index (κ3) is 1.87. The molecule has 3 rings (SSSR count). The topological polar surface area (TPSA) is 52.3 Å². The minimum atomic E-state index is -0.211. The lowest BCUT2D eigenvalue weighted by molar-refractivity contribution is 0.524. The fraction of sp³-hybridized carbons (Fsp3) is 0.250. The normalized spacial score (nSPS) is 13.0. The van der Waals surface area contributed by atoms with Crippen molar-refractivity contribution in [3.8, 4) is 0 Å². The van der Waals surface area contributed by atoms with Crippen molar-refractivity contribution < 1.29 is 8.83 Å². The van der Waals surface area contributed by atoms with Crippen LogP contribution in [0.1, 0.15) is 35.6 Å². The van der Waals surface area contributed by atoms with Gasteiger partial charge in [-0.2, -0.15) is 0 Å². The third-order valence-corrected chi connectivity index (χ3v) is 3.58. The van der Waals surface area contributed by atoms with E-state index < -0.39 is 0 Å². The highest BCUT2D eigenvalue weighted by Gasteiger charge is 2.22. The molecule has 0 saturated carbocycles. The van der Waals surface area contributed by atoms with Crippen molar-refractivity contribution >= 4 is 11.0 Å². The Morgan fingerprint density at radius 1 is 1.21 bits per heavy atom. The van der Waals surface area contributed by atoms with E-state index in [4.69, 9.17) is 14.6 Å². The molecular weight excluding hydrogens is 238 g/mol. The number of benzene rings is 1. The Morgan fingerprint density at radius 3 is 2.68 bits per heavy atom. The van der Waals surface area contributed by atoms with E-state index in [2.05, 4.69) is 13.0 Å². The van der Waals surface area contributed by atoms with E-state index in [1.807, 2.05) is 31.2 Å². The molecule has 2 aromatic heterocycles. The zero-order valence-electron chi connectivity index (χ0n) is 11.1. The predicted molar refractivity (Wildman–Crippen MR) is 75.1 cm³/mol. The summed E-state index contributed by atoms with van der Waals surface area (Å²) in [5.74, 6) is 1.81. The molecular formula is C16H17NO2. The van der Waals surface area contributed by atoms with Gasteiger partial charge in [-0.05, 0) is 19.1 Å². The summed E-state index contributed by atoms with van der Waals surface area (Å²) >= 11 is 0. The van der Waals surface area contributed by atoms with Crippen molar-refractivity contribution in [2.24, 2.45) is 5.73 Å². The fourth-order valence-corrected chi connectivity index (χ4v) is 2.59. The van der Waals surface area contributed by atoms with Gasteiger partial charge in [0.05, 0.1) is 12.3 Å². The Hall–Kier alpha value is -2.00. The quantitative estimate of drug-likeness (QED) is 0.771. The van der Waals surface area contributed by atoms with E-state index in [0.29, 0.717) is 0 Å². The molecule has 1 atom stereocenters. The van der Waals surface area contributed by atoms with Gasteiger partial charge in [-0.1, -0.05) is 25.1 Å². The monoisotopic (exact) mass is 255 g/mol. The maximum absolute atomic E-state index is 6.43. The number of hydrogen-bond donors (Lipinski definition) is 1. The van der Waals surface area contributed by atoms with Crippen LogP contribution in [0.25, 0.3) is 11.0 Å². The second-order valence-corrected chi connectivity index (χ2v) is 4.70. The van der Waals surface area contributed by atoms with Crippen LogP contribution in [0.5, 0.6) is 0 Å². The lowest BCUT2D eigenvalue weighted by Gasteiger charge is -2.11. The molecule has 98 valence electrons. The summed E-state index contributed by atoms with van der Waals surface area (Å²) in [5.41, 5.74) is 9.41. The molecule has 0 bridgehead atoms. The molecule has 2 N–H and O–H groups in total. The number of furan rings is 2. The van der Waals surface area contributed by atoms with Gasteiger partial charge in [-0.25, -0.2) is 0 Å². The number of nitrogens with two attached hydrogens (primary N) is 1. The number of aryl methyl sites for hydroxylation is 2. The molecule has 3 aromatic rings. The van der Waals surface area contributed by atoms with Crippen LogP contribution < -0.4 is 5.73 Å². The summed E-state index contributed by atoms with van der Waals surface area (Å²) in [6.07, 6.45) is 2.51. The maximum Gasteiger partial charge on any atom is 0.134 e. The summed E-state index contributed by atoms with van der Waals surface area (Å²) in [6.45, 7) is 4.01. The van der Waals surface area contributed by atoms with Crippen molar-refractivity contribution in [3.63, 3.8) is 0 Å². The van der Waals surface area contributed by atoms with Crippen LogP contribution in [0, 0.1) is 6.92 Å². The van der Waals surface area contributed by atoms with E-state index in [9.17, 15) is 0 Å². The molecule has 0 saturated heterocycles. The van der Waals surface area contributed by atoms with Gasteiger partial charge in [0, 0.05) is 22.9 Å².